The number of rotatable bonds is 0. The molecule has 1 saturated carbocycles. The average molecular weight is 216 g/mol. The summed E-state index contributed by atoms with van der Waals surface area (Å²) in [4.78, 5) is 12.4. The van der Waals surface area contributed by atoms with Crippen LogP contribution in [0.4, 0.5) is 0 Å². The molecule has 0 saturated heterocycles. The van der Waals surface area contributed by atoms with Crippen molar-refractivity contribution in [1.82, 2.24) is 0 Å². The molecular weight excluding hydrogens is 200 g/mol. The molecule has 16 heavy (non-hydrogen) atoms. The van der Waals surface area contributed by atoms with E-state index >= 15 is 0 Å². The molecule has 2 heteroatoms. The number of ketones is 1. The van der Waals surface area contributed by atoms with Crippen molar-refractivity contribution < 1.29 is 9.53 Å². The molecule has 0 N–H and O–H groups in total. The van der Waals surface area contributed by atoms with Crippen LogP contribution in [0.3, 0.4) is 0 Å². The van der Waals surface area contributed by atoms with Gasteiger partial charge in [0, 0.05) is 0 Å². The highest BCUT2D eigenvalue weighted by Gasteiger charge is 2.53. The van der Waals surface area contributed by atoms with Gasteiger partial charge in [0.2, 0.25) is 0 Å². The predicted octanol–water partition coefficient (Wildman–Crippen LogP) is 3.07. The zero-order valence-electron chi connectivity index (χ0n) is 9.69. The summed E-state index contributed by atoms with van der Waals surface area (Å²) in [6.45, 7) is 4.27. The van der Waals surface area contributed by atoms with Crippen LogP contribution >= 0.6 is 0 Å². The van der Waals surface area contributed by atoms with Gasteiger partial charge in [0.15, 0.2) is 5.78 Å². The minimum atomic E-state index is -0.286. The minimum Gasteiger partial charge on any atom is -0.486 e. The molecule has 1 heterocycles. The maximum atomic E-state index is 12.4. The summed E-state index contributed by atoms with van der Waals surface area (Å²) in [5, 5.41) is 0. The Morgan fingerprint density at radius 3 is 2.88 bits per heavy atom. The molecule has 1 aliphatic carbocycles. The van der Waals surface area contributed by atoms with E-state index in [4.69, 9.17) is 4.74 Å². The molecule has 0 amide bonds. The highest BCUT2D eigenvalue weighted by Crippen LogP contribution is 2.49. The van der Waals surface area contributed by atoms with Crippen molar-refractivity contribution in [1.29, 1.82) is 0 Å². The van der Waals surface area contributed by atoms with Crippen LogP contribution in [0, 0.1) is 11.8 Å². The zero-order chi connectivity index (χ0) is 11.3. The maximum absolute atomic E-state index is 12.4. The fraction of sp³-hybridized carbons (Fsp3) is 0.500. The Labute approximate surface area is 95.6 Å². The molecule has 1 aromatic rings. The Hall–Kier alpha value is -1.31. The number of carbonyl (C=O) groups excluding carboxylic acids is 1. The largest absolute Gasteiger partial charge is 0.486 e. The number of para-hydroxylation sites is 1. The van der Waals surface area contributed by atoms with Crippen LogP contribution in [-0.2, 0) is 0 Å². The summed E-state index contributed by atoms with van der Waals surface area (Å²) in [5.41, 5.74) is 0.477. The first kappa shape index (κ1) is 9.88. The number of carbonyl (C=O) groups is 1. The molecule has 3 atom stereocenters. The lowest BCUT2D eigenvalue weighted by atomic mass is 9.79. The van der Waals surface area contributed by atoms with E-state index < -0.39 is 0 Å². The zero-order valence-corrected chi connectivity index (χ0v) is 9.69. The highest BCUT2D eigenvalue weighted by atomic mass is 16.5. The van der Waals surface area contributed by atoms with Crippen LogP contribution in [0.5, 0.6) is 5.75 Å². The second-order valence-corrected chi connectivity index (χ2v) is 5.18. The van der Waals surface area contributed by atoms with Crippen molar-refractivity contribution in [3.05, 3.63) is 29.8 Å². The molecule has 0 radical (unpaired) electrons. The normalized spacial score (nSPS) is 36.5. The van der Waals surface area contributed by atoms with Crippen LogP contribution in [0.25, 0.3) is 0 Å². The van der Waals surface area contributed by atoms with E-state index in [9.17, 15) is 4.79 Å². The van der Waals surface area contributed by atoms with Crippen LogP contribution in [0.1, 0.15) is 37.0 Å². The summed E-state index contributed by atoms with van der Waals surface area (Å²) in [7, 11) is 0. The number of Topliss-reactive ketones (excluding diaryl/α,β-unsaturated/α-hetero) is 1. The molecule has 1 fully saturated rings. The third-order valence-corrected chi connectivity index (χ3v) is 4.36. The predicted molar refractivity (Wildman–Crippen MR) is 61.7 cm³/mol. The molecule has 1 aliphatic heterocycles. The number of benzene rings is 1. The van der Waals surface area contributed by atoms with Gasteiger partial charge >= 0.3 is 0 Å². The monoisotopic (exact) mass is 216 g/mol. The number of hydrogen-bond acceptors (Lipinski definition) is 2. The van der Waals surface area contributed by atoms with Gasteiger partial charge in [-0.05, 0) is 37.8 Å². The van der Waals surface area contributed by atoms with Gasteiger partial charge in [-0.25, -0.2) is 0 Å². The van der Waals surface area contributed by atoms with Crippen molar-refractivity contribution in [3.63, 3.8) is 0 Å². The molecule has 0 aromatic heterocycles. The smallest absolute Gasteiger partial charge is 0.173 e. The van der Waals surface area contributed by atoms with Gasteiger partial charge in [-0.2, -0.15) is 0 Å². The molecule has 1 aromatic carbocycles. The van der Waals surface area contributed by atoms with Crippen molar-refractivity contribution >= 4 is 5.78 Å². The van der Waals surface area contributed by atoms with Crippen LogP contribution < -0.4 is 4.74 Å². The van der Waals surface area contributed by atoms with E-state index in [1.54, 1.807) is 0 Å². The van der Waals surface area contributed by atoms with Crippen molar-refractivity contribution in [2.75, 3.05) is 0 Å². The third kappa shape index (κ3) is 1.10. The van der Waals surface area contributed by atoms with Crippen LogP contribution in [0.15, 0.2) is 24.3 Å². The quantitative estimate of drug-likeness (QED) is 0.666. The third-order valence-electron chi connectivity index (χ3n) is 4.36. The van der Waals surface area contributed by atoms with Gasteiger partial charge in [0.05, 0.1) is 11.5 Å². The first-order valence-corrected chi connectivity index (χ1v) is 5.95. The molecule has 0 spiro atoms. The van der Waals surface area contributed by atoms with Crippen molar-refractivity contribution in [2.24, 2.45) is 11.8 Å². The molecular formula is C14H16O2. The molecule has 2 aliphatic rings. The van der Waals surface area contributed by atoms with E-state index in [0.29, 0.717) is 5.92 Å². The van der Waals surface area contributed by atoms with Gasteiger partial charge in [-0.3, -0.25) is 4.79 Å². The fourth-order valence-electron chi connectivity index (χ4n) is 3.08. The Morgan fingerprint density at radius 2 is 2.06 bits per heavy atom. The number of hydrogen-bond donors (Lipinski definition) is 0. The summed E-state index contributed by atoms with van der Waals surface area (Å²) >= 11 is 0. The second-order valence-electron chi connectivity index (χ2n) is 5.18. The van der Waals surface area contributed by atoms with Gasteiger partial charge in [0.1, 0.15) is 11.4 Å². The summed E-state index contributed by atoms with van der Waals surface area (Å²) < 4.78 is 6.11. The lowest BCUT2D eigenvalue weighted by molar-refractivity contribution is 0.00568. The van der Waals surface area contributed by atoms with Crippen LogP contribution in [0.2, 0.25) is 0 Å². The molecule has 3 rings (SSSR count). The van der Waals surface area contributed by atoms with E-state index in [0.717, 1.165) is 24.2 Å². The van der Waals surface area contributed by atoms with Gasteiger partial charge < -0.3 is 4.74 Å². The Bertz CT molecular complexity index is 452. The summed E-state index contributed by atoms with van der Waals surface area (Å²) in [5.74, 6) is 1.54. The fourth-order valence-corrected chi connectivity index (χ4v) is 3.08. The Morgan fingerprint density at radius 1 is 1.31 bits per heavy atom. The van der Waals surface area contributed by atoms with E-state index in [1.165, 1.54) is 0 Å². The highest BCUT2D eigenvalue weighted by molar-refractivity contribution is 6.02. The lowest BCUT2D eigenvalue weighted by Gasteiger charge is -2.39. The van der Waals surface area contributed by atoms with Gasteiger partial charge in [-0.15, -0.1) is 0 Å². The topological polar surface area (TPSA) is 26.3 Å². The molecule has 0 unspecified atom stereocenters. The lowest BCUT2D eigenvalue weighted by Crippen LogP contribution is -2.48. The van der Waals surface area contributed by atoms with Crippen molar-refractivity contribution in [3.8, 4) is 5.75 Å². The van der Waals surface area contributed by atoms with E-state index in [-0.39, 0.29) is 17.3 Å². The first-order valence-electron chi connectivity index (χ1n) is 5.95. The minimum absolute atomic E-state index is 0.0531. The van der Waals surface area contributed by atoms with E-state index in [2.05, 4.69) is 13.8 Å². The molecule has 84 valence electrons. The Balaban J connectivity index is 2.13. The summed E-state index contributed by atoms with van der Waals surface area (Å²) in [6.07, 6.45) is 2.05. The van der Waals surface area contributed by atoms with Gasteiger partial charge in [0.25, 0.3) is 0 Å². The van der Waals surface area contributed by atoms with Crippen molar-refractivity contribution in [2.45, 2.75) is 32.3 Å². The van der Waals surface area contributed by atoms with Gasteiger partial charge in [-0.1, -0.05) is 19.1 Å². The second kappa shape index (κ2) is 3.09. The molecule has 0 bridgehead atoms. The van der Waals surface area contributed by atoms with Crippen LogP contribution in [-0.4, -0.2) is 11.4 Å². The first-order chi connectivity index (χ1) is 7.63. The molecule has 2 nitrogen and oxygen atoms in total. The standard InChI is InChI=1S/C14H16O2/c1-9-7-8-11-13(15)10-5-3-4-6-12(10)16-14(9,11)2/h3-6,9,11H,7-8H2,1-2H3/t9-,11+,14+/m0/s1. The Kier molecular flexibility index (Phi) is 1.91. The SMILES string of the molecule is C[C@H]1CC[C@@H]2C(=O)c3ccccc3O[C@@]21C. The maximum Gasteiger partial charge on any atom is 0.173 e. The summed E-state index contributed by atoms with van der Waals surface area (Å²) in [6, 6.07) is 7.61. The van der Waals surface area contributed by atoms with E-state index in [1.807, 2.05) is 24.3 Å². The number of fused-ring (bicyclic) bond motifs is 2. The average Bonchev–Trinajstić information content (AvgIpc) is 2.56. The number of ether oxygens (including phenoxy) is 1.